The molecule has 2 unspecified atom stereocenters. The first-order valence-corrected chi connectivity index (χ1v) is 19.7. The number of fused-ring (bicyclic) bond motifs is 8. The number of aliphatic hydroxyl groups is 2. The van der Waals surface area contributed by atoms with Gasteiger partial charge in [-0.15, -0.1) is 0 Å². The number of aromatic amines is 3. The first-order valence-electron chi connectivity index (χ1n) is 19.7. The Morgan fingerprint density at radius 3 is 2.41 bits per heavy atom. The molecular formula is C45H60N4O5. The molecule has 8 bridgehead atoms. The Labute approximate surface area is 319 Å². The van der Waals surface area contributed by atoms with E-state index in [2.05, 4.69) is 93.5 Å². The van der Waals surface area contributed by atoms with Crippen LogP contribution in [-0.2, 0) is 20.7 Å². The molecule has 54 heavy (non-hydrogen) atoms. The molecule has 290 valence electrons. The van der Waals surface area contributed by atoms with Crippen molar-refractivity contribution in [2.75, 3.05) is 13.7 Å². The highest BCUT2D eigenvalue weighted by molar-refractivity contribution is 5.76. The highest BCUT2D eigenvalue weighted by atomic mass is 16.6. The van der Waals surface area contributed by atoms with Crippen molar-refractivity contribution in [3.05, 3.63) is 90.1 Å². The van der Waals surface area contributed by atoms with E-state index in [0.29, 0.717) is 17.6 Å². The van der Waals surface area contributed by atoms with E-state index in [0.717, 1.165) is 80.4 Å². The summed E-state index contributed by atoms with van der Waals surface area (Å²) >= 11 is 0. The van der Waals surface area contributed by atoms with Crippen LogP contribution < -0.4 is 26.6 Å². The van der Waals surface area contributed by atoms with E-state index in [1.165, 1.54) is 30.2 Å². The number of aliphatic hydroxyl groups excluding tert-OH is 2. The van der Waals surface area contributed by atoms with E-state index in [1.54, 1.807) is 0 Å². The summed E-state index contributed by atoms with van der Waals surface area (Å²) in [6, 6.07) is -0.329. The van der Waals surface area contributed by atoms with Crippen molar-refractivity contribution in [1.29, 1.82) is 0 Å². The molecule has 6 rings (SSSR count). The van der Waals surface area contributed by atoms with E-state index in [1.807, 2.05) is 19.1 Å². The molecule has 0 saturated carbocycles. The highest BCUT2D eigenvalue weighted by Crippen LogP contribution is 2.43. The molecule has 1 aliphatic carbocycles. The molecule has 1 fully saturated rings. The molecule has 9 nitrogen and oxygen atoms in total. The lowest BCUT2D eigenvalue weighted by Crippen LogP contribution is -2.39. The van der Waals surface area contributed by atoms with Crippen LogP contribution >= 0.6 is 0 Å². The van der Waals surface area contributed by atoms with Gasteiger partial charge in [0.15, 0.2) is 6.29 Å². The average molecular weight is 737 g/mol. The zero-order valence-corrected chi connectivity index (χ0v) is 33.6. The van der Waals surface area contributed by atoms with Gasteiger partial charge in [0.2, 0.25) is 0 Å². The van der Waals surface area contributed by atoms with Crippen molar-refractivity contribution in [2.45, 2.75) is 106 Å². The van der Waals surface area contributed by atoms with Gasteiger partial charge in [0.05, 0.1) is 17.3 Å². The minimum Gasteiger partial charge on any atom is -0.511 e. The van der Waals surface area contributed by atoms with Gasteiger partial charge in [0, 0.05) is 63.7 Å². The number of esters is 1. The van der Waals surface area contributed by atoms with Crippen molar-refractivity contribution >= 4 is 41.6 Å². The van der Waals surface area contributed by atoms with Crippen molar-refractivity contribution in [3.63, 3.8) is 0 Å². The van der Waals surface area contributed by atoms with Gasteiger partial charge < -0.3 is 40.0 Å². The summed E-state index contributed by atoms with van der Waals surface area (Å²) in [5.41, 5.74) is 11.3. The molecule has 9 heteroatoms. The summed E-state index contributed by atoms with van der Waals surface area (Å²) in [7, 11) is 1.45. The molecule has 0 amide bonds. The van der Waals surface area contributed by atoms with Crippen molar-refractivity contribution in [2.24, 2.45) is 23.7 Å². The van der Waals surface area contributed by atoms with E-state index in [9.17, 15) is 15.0 Å². The number of hydrogen-bond acceptors (Lipinski definition) is 6. The normalized spacial score (nSPS) is 23.4. The van der Waals surface area contributed by atoms with Crippen molar-refractivity contribution in [3.8, 4) is 0 Å². The molecule has 0 aromatic carbocycles. The molecule has 2 aliphatic heterocycles. The number of ether oxygens (including phenoxy) is 2. The number of nitrogens with one attached hydrogen (secondary N) is 4. The number of carbonyl (C=O) groups excluding carboxylic acids is 1. The van der Waals surface area contributed by atoms with E-state index >= 15 is 0 Å². The molecule has 3 aromatic rings. The van der Waals surface area contributed by atoms with Crippen LogP contribution in [0, 0.1) is 44.4 Å². The fourth-order valence-corrected chi connectivity index (χ4v) is 8.91. The van der Waals surface area contributed by atoms with Gasteiger partial charge in [0.25, 0.3) is 0 Å². The topological polar surface area (TPSA) is 135 Å². The summed E-state index contributed by atoms with van der Waals surface area (Å²) in [5, 5.41) is 30.6. The van der Waals surface area contributed by atoms with E-state index in [-0.39, 0.29) is 42.6 Å². The van der Waals surface area contributed by atoms with Crippen LogP contribution in [0.5, 0.6) is 0 Å². The van der Waals surface area contributed by atoms with Crippen LogP contribution in [0.4, 0.5) is 0 Å². The maximum atomic E-state index is 13.2. The van der Waals surface area contributed by atoms with Gasteiger partial charge in [-0.1, -0.05) is 52.3 Å². The zero-order chi connectivity index (χ0) is 39.0. The average Bonchev–Trinajstić information content (AvgIpc) is 3.87. The fraction of sp³-hybridized carbons (Fsp3) is 0.489. The molecule has 1 saturated heterocycles. The lowest BCUT2D eigenvalue weighted by Gasteiger charge is -2.29. The summed E-state index contributed by atoms with van der Waals surface area (Å²) in [4.78, 5) is 24.3. The second-order valence-corrected chi connectivity index (χ2v) is 16.0. The summed E-state index contributed by atoms with van der Waals surface area (Å²) in [6.07, 6.45) is 14.1. The lowest BCUT2D eigenvalue weighted by molar-refractivity contribution is -0.142. The number of allylic oxidation sites excluding steroid dienone is 2. The first-order chi connectivity index (χ1) is 25.8. The third-order valence-corrected chi connectivity index (χ3v) is 12.2. The number of hydrogen-bond donors (Lipinski definition) is 6. The molecule has 5 atom stereocenters. The van der Waals surface area contributed by atoms with Gasteiger partial charge in [-0.05, 0) is 117 Å². The monoisotopic (exact) mass is 736 g/mol. The Hall–Kier alpha value is -4.47. The molecular weight excluding hydrogens is 677 g/mol. The fourth-order valence-electron chi connectivity index (χ4n) is 8.91. The maximum absolute atomic E-state index is 13.2. The first kappa shape index (κ1) is 39.2. The van der Waals surface area contributed by atoms with Crippen molar-refractivity contribution < 1.29 is 24.5 Å². The van der Waals surface area contributed by atoms with Gasteiger partial charge in [-0.2, -0.15) is 0 Å². The van der Waals surface area contributed by atoms with Gasteiger partial charge in [0.1, 0.15) is 12.4 Å². The van der Waals surface area contributed by atoms with E-state index < -0.39 is 12.2 Å². The van der Waals surface area contributed by atoms with Gasteiger partial charge >= 0.3 is 5.97 Å². The molecule has 0 spiro atoms. The van der Waals surface area contributed by atoms with Crippen LogP contribution in [0.25, 0.3) is 35.6 Å². The molecule has 5 heterocycles. The third-order valence-electron chi connectivity index (χ3n) is 12.2. The Morgan fingerprint density at radius 2 is 1.72 bits per heavy atom. The highest BCUT2D eigenvalue weighted by Gasteiger charge is 2.46. The Kier molecular flexibility index (Phi) is 11.7. The minimum absolute atomic E-state index is 0.00455. The second-order valence-electron chi connectivity index (χ2n) is 16.0. The van der Waals surface area contributed by atoms with Crippen molar-refractivity contribution in [1.82, 2.24) is 20.3 Å². The molecule has 3 aromatic heterocycles. The van der Waals surface area contributed by atoms with Gasteiger partial charge in [-0.25, -0.2) is 0 Å². The van der Waals surface area contributed by atoms with Crippen LogP contribution in [0.3, 0.4) is 0 Å². The maximum Gasteiger partial charge on any atom is 0.306 e. The smallest absolute Gasteiger partial charge is 0.306 e. The lowest BCUT2D eigenvalue weighted by atomic mass is 9.80. The molecule has 0 radical (unpaired) electrons. The number of rotatable bonds is 13. The largest absolute Gasteiger partial charge is 0.511 e. The van der Waals surface area contributed by atoms with Crippen LogP contribution in [0.1, 0.15) is 112 Å². The van der Waals surface area contributed by atoms with Crippen LogP contribution in [0.2, 0.25) is 0 Å². The van der Waals surface area contributed by atoms with Gasteiger partial charge in [-0.3, -0.25) is 4.79 Å². The Morgan fingerprint density at radius 1 is 1.00 bits per heavy atom. The summed E-state index contributed by atoms with van der Waals surface area (Å²) in [5.74, 6) is -0.335. The predicted molar refractivity (Wildman–Crippen MR) is 218 cm³/mol. The SMILES string of the molecule is C=Cc1c2[nH]c(c1C)/C=C1\NC(C3=c4[nH]c(c(C)c4=C(O)[C@@H]3C(O)OC)/C=c3\[nH]/c(c(C)c3CC)=C\2)[C@@H](CCC(=O)OC/C=C(\C)CCCC(C)C)[C@@H]1C. The summed E-state index contributed by atoms with van der Waals surface area (Å²) < 4.78 is 11.2. The van der Waals surface area contributed by atoms with E-state index in [4.69, 9.17) is 9.47 Å². The zero-order valence-electron chi connectivity index (χ0n) is 33.6. The van der Waals surface area contributed by atoms with Crippen LogP contribution in [0.15, 0.2) is 23.9 Å². The molecule has 3 aliphatic rings. The number of methoxy groups -OCH3 is 1. The quantitative estimate of drug-likeness (QED) is 0.0775. The Balaban J connectivity index is 1.46. The third kappa shape index (κ3) is 7.32. The minimum atomic E-state index is -1.27. The summed E-state index contributed by atoms with van der Waals surface area (Å²) in [6.45, 7) is 21.6. The molecule has 6 N–H and O–H groups in total. The van der Waals surface area contributed by atoms with Crippen LogP contribution in [-0.4, -0.2) is 57.2 Å². The standard InChI is InChI=1S/C45H60N4O5/c1-11-29-25(6)32-20-34-27(8)31(16-17-38(50)54-19-18-24(5)15-13-14-23(3)4)42(48-34)40-41(45(52)53-10)44(51)39-28(9)35(49-43(39)40)22-37-30(12-2)26(7)33(47-37)21-36(29)46-32/h11,18,20-23,27,31,41-42,45-49,51-52H,1,12-17,19H2,2-10H3/b24-18+,33-21-,34-20-,37-22-/t27-,31-,41+,42?,45?/m0/s1. The Bertz CT molecular complexity index is 2240. The predicted octanol–water partition coefficient (Wildman–Crippen LogP) is 5.55. The second kappa shape index (κ2) is 16.1. The number of carbonyl (C=O) groups is 1. The number of aromatic nitrogens is 3. The number of H-pyrrole nitrogens is 3.